The zero-order valence-electron chi connectivity index (χ0n) is 14.7. The Morgan fingerprint density at radius 1 is 1.27 bits per heavy atom. The molecule has 1 N–H and O–H groups in total. The Morgan fingerprint density at radius 2 is 2.15 bits per heavy atom. The van der Waals surface area contributed by atoms with Crippen LogP contribution in [-0.4, -0.2) is 27.5 Å². The van der Waals surface area contributed by atoms with Crippen molar-refractivity contribution in [3.05, 3.63) is 40.0 Å². The maximum Gasteiger partial charge on any atom is 0.260 e. The average molecular weight is 369 g/mol. The number of rotatable bonds is 3. The van der Waals surface area contributed by atoms with Crippen molar-refractivity contribution >= 4 is 21.6 Å². The van der Waals surface area contributed by atoms with Crippen LogP contribution in [0.3, 0.4) is 0 Å². The topological polar surface area (TPSA) is 62.1 Å². The zero-order chi connectivity index (χ0) is 17.5. The Labute approximate surface area is 156 Å². The highest BCUT2D eigenvalue weighted by molar-refractivity contribution is 7.17. The van der Waals surface area contributed by atoms with E-state index in [1.165, 1.54) is 49.9 Å². The number of furan rings is 1. The van der Waals surface area contributed by atoms with Gasteiger partial charge in [0.1, 0.15) is 16.4 Å². The molecule has 26 heavy (non-hydrogen) atoms. The molecule has 0 amide bonds. The first kappa shape index (κ1) is 16.3. The van der Waals surface area contributed by atoms with Gasteiger partial charge in [0.25, 0.3) is 5.56 Å². The number of thiophene rings is 1. The molecule has 5 nitrogen and oxygen atoms in total. The molecule has 0 radical (unpaired) electrons. The van der Waals surface area contributed by atoms with Gasteiger partial charge in [-0.25, -0.2) is 4.98 Å². The van der Waals surface area contributed by atoms with E-state index < -0.39 is 0 Å². The predicted octanol–water partition coefficient (Wildman–Crippen LogP) is 4.40. The maximum atomic E-state index is 12.8. The first-order chi connectivity index (χ1) is 12.8. The molecule has 1 saturated heterocycles. The SMILES string of the molecule is O=c1[nH]c(CN2CCC[C@H]3CCCC[C@H]32)nc2scc(-c3ccco3)c12. The Kier molecular flexibility index (Phi) is 4.17. The fourth-order valence-electron chi connectivity index (χ4n) is 4.80. The highest BCUT2D eigenvalue weighted by atomic mass is 32.1. The van der Waals surface area contributed by atoms with Crippen LogP contribution in [0.4, 0.5) is 0 Å². The molecular weight excluding hydrogens is 346 g/mol. The van der Waals surface area contributed by atoms with E-state index in [0.717, 1.165) is 41.0 Å². The van der Waals surface area contributed by atoms with Gasteiger partial charge in [-0.05, 0) is 50.3 Å². The lowest BCUT2D eigenvalue weighted by atomic mass is 9.78. The molecule has 4 heterocycles. The lowest BCUT2D eigenvalue weighted by molar-refractivity contribution is 0.0527. The molecule has 0 spiro atoms. The van der Waals surface area contributed by atoms with Crippen molar-refractivity contribution in [1.82, 2.24) is 14.9 Å². The molecule has 0 bridgehead atoms. The summed E-state index contributed by atoms with van der Waals surface area (Å²) in [4.78, 5) is 23.9. The fourth-order valence-corrected chi connectivity index (χ4v) is 5.75. The van der Waals surface area contributed by atoms with E-state index in [2.05, 4.69) is 9.88 Å². The van der Waals surface area contributed by atoms with E-state index in [1.54, 1.807) is 6.26 Å². The molecule has 5 rings (SSSR count). The minimum atomic E-state index is -0.0603. The van der Waals surface area contributed by atoms with Crippen LogP contribution in [0, 0.1) is 5.92 Å². The van der Waals surface area contributed by atoms with Gasteiger partial charge in [0, 0.05) is 17.0 Å². The van der Waals surface area contributed by atoms with E-state index in [-0.39, 0.29) is 5.56 Å². The minimum Gasteiger partial charge on any atom is -0.464 e. The molecule has 3 aromatic rings. The van der Waals surface area contributed by atoms with Gasteiger partial charge in [0.05, 0.1) is 18.2 Å². The molecule has 136 valence electrons. The van der Waals surface area contributed by atoms with Gasteiger partial charge in [-0.3, -0.25) is 9.69 Å². The van der Waals surface area contributed by atoms with Crippen molar-refractivity contribution in [2.24, 2.45) is 5.92 Å². The Balaban J connectivity index is 1.46. The standard InChI is InChI=1S/C20H23N3O2S/c24-19-18-14(16-8-4-10-25-16)12-26-20(18)22-17(21-19)11-23-9-3-6-13-5-1-2-7-15(13)23/h4,8,10,12-13,15H,1-3,5-7,9,11H2,(H,21,22,24)/t13-,15-/m1/s1. The molecule has 1 aliphatic carbocycles. The number of aromatic amines is 1. The second-order valence-corrected chi connectivity index (χ2v) is 8.40. The molecule has 2 fully saturated rings. The van der Waals surface area contributed by atoms with E-state index in [1.807, 2.05) is 17.5 Å². The predicted molar refractivity (Wildman–Crippen MR) is 103 cm³/mol. The lowest BCUT2D eigenvalue weighted by Crippen LogP contribution is -2.46. The Morgan fingerprint density at radius 3 is 3.04 bits per heavy atom. The van der Waals surface area contributed by atoms with Crippen molar-refractivity contribution in [2.75, 3.05) is 6.54 Å². The summed E-state index contributed by atoms with van der Waals surface area (Å²) in [5.41, 5.74) is 0.774. The smallest absolute Gasteiger partial charge is 0.260 e. The van der Waals surface area contributed by atoms with Gasteiger partial charge in [-0.15, -0.1) is 11.3 Å². The summed E-state index contributed by atoms with van der Waals surface area (Å²) in [6.45, 7) is 1.87. The van der Waals surface area contributed by atoms with E-state index in [4.69, 9.17) is 9.40 Å². The van der Waals surface area contributed by atoms with E-state index >= 15 is 0 Å². The number of hydrogen-bond donors (Lipinski definition) is 1. The van der Waals surface area contributed by atoms with E-state index in [0.29, 0.717) is 11.4 Å². The minimum absolute atomic E-state index is 0.0603. The second kappa shape index (κ2) is 6.67. The lowest BCUT2D eigenvalue weighted by Gasteiger charge is -2.43. The monoisotopic (exact) mass is 369 g/mol. The van der Waals surface area contributed by atoms with Crippen LogP contribution >= 0.6 is 11.3 Å². The summed E-state index contributed by atoms with van der Waals surface area (Å²) in [7, 11) is 0. The van der Waals surface area contributed by atoms with Crippen LogP contribution in [0.2, 0.25) is 0 Å². The summed E-state index contributed by atoms with van der Waals surface area (Å²) in [6.07, 6.45) is 9.61. The molecule has 2 aliphatic rings. The molecule has 1 aliphatic heterocycles. The molecule has 0 unspecified atom stereocenters. The maximum absolute atomic E-state index is 12.8. The fraction of sp³-hybridized carbons (Fsp3) is 0.500. The van der Waals surface area contributed by atoms with Crippen molar-refractivity contribution in [3.63, 3.8) is 0 Å². The molecule has 1 saturated carbocycles. The third-order valence-electron chi connectivity index (χ3n) is 5.99. The second-order valence-electron chi connectivity index (χ2n) is 7.54. The molecule has 3 aromatic heterocycles. The van der Waals surface area contributed by atoms with Crippen LogP contribution in [0.5, 0.6) is 0 Å². The van der Waals surface area contributed by atoms with Crippen LogP contribution in [-0.2, 0) is 6.54 Å². The van der Waals surface area contributed by atoms with Crippen LogP contribution in [0.25, 0.3) is 21.5 Å². The summed E-state index contributed by atoms with van der Waals surface area (Å²) in [5.74, 6) is 2.35. The first-order valence-corrected chi connectivity index (χ1v) is 10.5. The first-order valence-electron chi connectivity index (χ1n) is 9.58. The third-order valence-corrected chi connectivity index (χ3v) is 6.86. The van der Waals surface area contributed by atoms with Crippen molar-refractivity contribution in [3.8, 4) is 11.3 Å². The number of likely N-dealkylation sites (tertiary alicyclic amines) is 1. The van der Waals surface area contributed by atoms with Crippen LogP contribution in [0.15, 0.2) is 33.0 Å². The highest BCUT2D eigenvalue weighted by Gasteiger charge is 2.33. The third kappa shape index (κ3) is 2.81. The number of hydrogen-bond acceptors (Lipinski definition) is 5. The molecule has 6 heteroatoms. The summed E-state index contributed by atoms with van der Waals surface area (Å²) >= 11 is 1.52. The van der Waals surface area contributed by atoms with Gasteiger partial charge in [-0.1, -0.05) is 12.8 Å². The van der Waals surface area contributed by atoms with Gasteiger partial charge < -0.3 is 9.40 Å². The number of fused-ring (bicyclic) bond motifs is 2. The molecule has 0 aromatic carbocycles. The van der Waals surface area contributed by atoms with Gasteiger partial charge >= 0.3 is 0 Å². The van der Waals surface area contributed by atoms with Gasteiger partial charge in [-0.2, -0.15) is 0 Å². The Bertz CT molecular complexity index is 957. The van der Waals surface area contributed by atoms with Gasteiger partial charge in [0.2, 0.25) is 0 Å². The average Bonchev–Trinajstić information content (AvgIpc) is 3.31. The van der Waals surface area contributed by atoms with Crippen molar-refractivity contribution in [2.45, 2.75) is 51.1 Å². The number of piperidine rings is 1. The number of nitrogens with zero attached hydrogens (tertiary/aromatic N) is 2. The number of nitrogens with one attached hydrogen (secondary N) is 1. The quantitative estimate of drug-likeness (QED) is 0.743. The summed E-state index contributed by atoms with van der Waals surface area (Å²) < 4.78 is 5.47. The summed E-state index contributed by atoms with van der Waals surface area (Å²) in [5, 5.41) is 2.61. The largest absolute Gasteiger partial charge is 0.464 e. The number of aromatic nitrogens is 2. The zero-order valence-corrected chi connectivity index (χ0v) is 15.6. The van der Waals surface area contributed by atoms with Crippen LogP contribution < -0.4 is 5.56 Å². The highest BCUT2D eigenvalue weighted by Crippen LogP contribution is 2.36. The molecular formula is C20H23N3O2S. The number of H-pyrrole nitrogens is 1. The van der Waals surface area contributed by atoms with E-state index in [9.17, 15) is 4.79 Å². The van der Waals surface area contributed by atoms with Crippen LogP contribution in [0.1, 0.15) is 44.3 Å². The van der Waals surface area contributed by atoms with Crippen molar-refractivity contribution in [1.29, 1.82) is 0 Å². The molecule has 2 atom stereocenters. The Hall–Kier alpha value is -1.92. The van der Waals surface area contributed by atoms with Crippen molar-refractivity contribution < 1.29 is 4.42 Å². The van der Waals surface area contributed by atoms with Gasteiger partial charge in [0.15, 0.2) is 0 Å². The summed E-state index contributed by atoms with van der Waals surface area (Å²) in [6, 6.07) is 4.39. The normalized spacial score (nSPS) is 24.0.